The number of likely N-dealkylation sites (tertiary alicyclic amines) is 1. The van der Waals surface area contributed by atoms with Crippen molar-refractivity contribution in [3.05, 3.63) is 40.7 Å². The third kappa shape index (κ3) is 3.35. The highest BCUT2D eigenvalue weighted by Crippen LogP contribution is 2.21. The Morgan fingerprint density at radius 3 is 2.95 bits per heavy atom. The summed E-state index contributed by atoms with van der Waals surface area (Å²) in [5.74, 6) is -0.491. The minimum atomic E-state index is -0.414. The molecule has 1 atom stereocenters. The monoisotopic (exact) mass is 281 g/mol. The normalized spacial score (nSPS) is 19.9. The van der Waals surface area contributed by atoms with Gasteiger partial charge < -0.3 is 4.90 Å². The molecule has 0 aliphatic carbocycles. The molecule has 1 aromatic carbocycles. The van der Waals surface area contributed by atoms with Gasteiger partial charge in [-0.2, -0.15) is 0 Å². The maximum absolute atomic E-state index is 13.6. The molecule has 102 valence electrons. The van der Waals surface area contributed by atoms with Crippen LogP contribution in [0.2, 0.25) is 5.02 Å². The summed E-state index contributed by atoms with van der Waals surface area (Å²) < 4.78 is 13.6. The fourth-order valence-electron chi connectivity index (χ4n) is 2.35. The number of carbonyl (C=O) groups is 1. The topological polar surface area (TPSA) is 20.3 Å². The number of benzene rings is 1. The van der Waals surface area contributed by atoms with E-state index < -0.39 is 5.82 Å². The summed E-state index contributed by atoms with van der Waals surface area (Å²) in [5, 5.41) is 0.316. The molecule has 1 heterocycles. The van der Waals surface area contributed by atoms with Crippen molar-refractivity contribution in [3.63, 3.8) is 0 Å². The van der Waals surface area contributed by atoms with Crippen LogP contribution in [0.3, 0.4) is 0 Å². The van der Waals surface area contributed by atoms with Crippen molar-refractivity contribution in [1.29, 1.82) is 0 Å². The molecular formula is C15H17ClFNO. The van der Waals surface area contributed by atoms with Gasteiger partial charge in [-0.25, -0.2) is 4.39 Å². The zero-order valence-corrected chi connectivity index (χ0v) is 11.7. The molecule has 1 unspecified atom stereocenters. The molecule has 0 radical (unpaired) electrons. The van der Waals surface area contributed by atoms with E-state index in [4.69, 9.17) is 11.6 Å². The van der Waals surface area contributed by atoms with Gasteiger partial charge in [-0.1, -0.05) is 17.7 Å². The first kappa shape index (κ1) is 14.1. The Morgan fingerprint density at radius 1 is 1.47 bits per heavy atom. The number of hydrogen-bond donors (Lipinski definition) is 0. The molecule has 1 saturated heterocycles. The van der Waals surface area contributed by atoms with Crippen LogP contribution in [0.1, 0.15) is 31.7 Å². The Hall–Kier alpha value is -1.35. The molecule has 0 saturated carbocycles. The van der Waals surface area contributed by atoms with Gasteiger partial charge in [0.05, 0.1) is 5.02 Å². The zero-order valence-electron chi connectivity index (χ0n) is 10.9. The largest absolute Gasteiger partial charge is 0.336 e. The van der Waals surface area contributed by atoms with E-state index in [2.05, 4.69) is 0 Å². The average Bonchev–Trinajstić information content (AvgIpc) is 2.38. The van der Waals surface area contributed by atoms with Crippen LogP contribution in [0.25, 0.3) is 6.08 Å². The first-order chi connectivity index (χ1) is 9.09. The van der Waals surface area contributed by atoms with Crippen LogP contribution in [0.15, 0.2) is 24.3 Å². The standard InChI is InChI=1S/C15H17ClFNO/c1-11-5-2-3-10-18(11)15(19)9-8-12-13(16)6-4-7-14(12)17/h4,6-9,11H,2-3,5,10H2,1H3/b9-8+. The number of rotatable bonds is 2. The Morgan fingerprint density at radius 2 is 2.26 bits per heavy atom. The van der Waals surface area contributed by atoms with E-state index in [1.54, 1.807) is 12.1 Å². The van der Waals surface area contributed by atoms with Crippen molar-refractivity contribution in [3.8, 4) is 0 Å². The highest BCUT2D eigenvalue weighted by atomic mass is 35.5. The zero-order chi connectivity index (χ0) is 13.8. The summed E-state index contributed by atoms with van der Waals surface area (Å²) in [6.07, 6.45) is 6.09. The molecule has 19 heavy (non-hydrogen) atoms. The molecule has 0 bridgehead atoms. The lowest BCUT2D eigenvalue weighted by molar-refractivity contribution is -0.129. The SMILES string of the molecule is CC1CCCCN1C(=O)/C=C/c1c(F)cccc1Cl. The van der Waals surface area contributed by atoms with Crippen molar-refractivity contribution in [2.45, 2.75) is 32.2 Å². The number of halogens is 2. The van der Waals surface area contributed by atoms with Gasteiger partial charge in [-0.05, 0) is 44.4 Å². The van der Waals surface area contributed by atoms with Gasteiger partial charge in [0.2, 0.25) is 5.91 Å². The number of hydrogen-bond acceptors (Lipinski definition) is 1. The van der Waals surface area contributed by atoms with Crippen LogP contribution in [0, 0.1) is 5.82 Å². The molecule has 0 N–H and O–H groups in total. The number of nitrogens with zero attached hydrogens (tertiary/aromatic N) is 1. The van der Waals surface area contributed by atoms with Crippen molar-refractivity contribution in [2.75, 3.05) is 6.54 Å². The molecule has 0 aromatic heterocycles. The third-order valence-corrected chi connectivity index (χ3v) is 3.81. The predicted octanol–water partition coefficient (Wildman–Crippen LogP) is 3.89. The number of amides is 1. The van der Waals surface area contributed by atoms with Crippen LogP contribution in [0.4, 0.5) is 4.39 Å². The number of piperidine rings is 1. The molecule has 1 aromatic rings. The Labute approximate surface area is 117 Å². The highest BCUT2D eigenvalue weighted by molar-refractivity contribution is 6.32. The molecule has 1 amide bonds. The molecule has 2 rings (SSSR count). The van der Waals surface area contributed by atoms with Gasteiger partial charge in [0.25, 0.3) is 0 Å². The summed E-state index contributed by atoms with van der Waals surface area (Å²) >= 11 is 5.91. The fraction of sp³-hybridized carbons (Fsp3) is 0.400. The lowest BCUT2D eigenvalue weighted by Crippen LogP contribution is -2.41. The first-order valence-corrected chi connectivity index (χ1v) is 6.90. The minimum Gasteiger partial charge on any atom is -0.336 e. The maximum Gasteiger partial charge on any atom is 0.246 e. The van der Waals surface area contributed by atoms with Gasteiger partial charge in [0.15, 0.2) is 0 Å². The second kappa shape index (κ2) is 6.20. The van der Waals surface area contributed by atoms with Crippen molar-refractivity contribution in [1.82, 2.24) is 4.90 Å². The van der Waals surface area contributed by atoms with Crippen LogP contribution in [-0.4, -0.2) is 23.4 Å². The predicted molar refractivity (Wildman–Crippen MR) is 75.5 cm³/mol. The number of carbonyl (C=O) groups excluding carboxylic acids is 1. The highest BCUT2D eigenvalue weighted by Gasteiger charge is 2.21. The van der Waals surface area contributed by atoms with Crippen molar-refractivity contribution < 1.29 is 9.18 Å². The van der Waals surface area contributed by atoms with Crippen LogP contribution >= 0.6 is 11.6 Å². The van der Waals surface area contributed by atoms with E-state index in [-0.39, 0.29) is 17.5 Å². The Balaban J connectivity index is 2.11. The summed E-state index contributed by atoms with van der Waals surface area (Å²) in [5.41, 5.74) is 0.266. The second-order valence-corrected chi connectivity index (χ2v) is 5.25. The van der Waals surface area contributed by atoms with Crippen molar-refractivity contribution in [2.24, 2.45) is 0 Å². The first-order valence-electron chi connectivity index (χ1n) is 6.52. The van der Waals surface area contributed by atoms with Crippen LogP contribution < -0.4 is 0 Å². The summed E-state index contributed by atoms with van der Waals surface area (Å²) in [4.78, 5) is 13.9. The van der Waals surface area contributed by atoms with Gasteiger partial charge in [0, 0.05) is 24.2 Å². The van der Waals surface area contributed by atoms with Crippen LogP contribution in [0.5, 0.6) is 0 Å². The summed E-state index contributed by atoms with van der Waals surface area (Å²) in [6, 6.07) is 4.74. The molecule has 0 spiro atoms. The van der Waals surface area contributed by atoms with E-state index in [9.17, 15) is 9.18 Å². The van der Waals surface area contributed by atoms with Crippen molar-refractivity contribution >= 4 is 23.6 Å². The third-order valence-electron chi connectivity index (χ3n) is 3.48. The van der Waals surface area contributed by atoms with Crippen LogP contribution in [-0.2, 0) is 4.79 Å². The molecule has 2 nitrogen and oxygen atoms in total. The smallest absolute Gasteiger partial charge is 0.246 e. The van der Waals surface area contributed by atoms with Gasteiger partial charge >= 0.3 is 0 Å². The molecule has 4 heteroatoms. The second-order valence-electron chi connectivity index (χ2n) is 4.85. The summed E-state index contributed by atoms with van der Waals surface area (Å²) in [7, 11) is 0. The fourth-order valence-corrected chi connectivity index (χ4v) is 2.57. The Kier molecular flexibility index (Phi) is 4.59. The molecular weight excluding hydrogens is 265 g/mol. The van der Waals surface area contributed by atoms with Gasteiger partial charge in [-0.15, -0.1) is 0 Å². The van der Waals surface area contributed by atoms with Gasteiger partial charge in [-0.3, -0.25) is 4.79 Å². The average molecular weight is 282 g/mol. The van der Waals surface area contributed by atoms with E-state index in [1.807, 2.05) is 11.8 Å². The van der Waals surface area contributed by atoms with E-state index in [0.717, 1.165) is 25.8 Å². The van der Waals surface area contributed by atoms with E-state index in [0.29, 0.717) is 5.02 Å². The Bertz CT molecular complexity index is 481. The summed E-state index contributed by atoms with van der Waals surface area (Å²) in [6.45, 7) is 2.82. The lowest BCUT2D eigenvalue weighted by atomic mass is 10.0. The van der Waals surface area contributed by atoms with E-state index in [1.165, 1.54) is 18.2 Å². The lowest BCUT2D eigenvalue weighted by Gasteiger charge is -2.32. The van der Waals surface area contributed by atoms with E-state index >= 15 is 0 Å². The maximum atomic E-state index is 13.6. The van der Waals surface area contributed by atoms with Gasteiger partial charge in [0.1, 0.15) is 5.82 Å². The minimum absolute atomic E-state index is 0.0773. The molecule has 1 fully saturated rings. The molecule has 1 aliphatic rings. The quantitative estimate of drug-likeness (QED) is 0.753. The molecule has 1 aliphatic heterocycles.